The van der Waals surface area contributed by atoms with Gasteiger partial charge in [0.05, 0.1) is 25.3 Å². The summed E-state index contributed by atoms with van der Waals surface area (Å²) in [7, 11) is 1.72. The minimum absolute atomic E-state index is 0.0405. The zero-order chi connectivity index (χ0) is 16.7. The van der Waals surface area contributed by atoms with Crippen molar-refractivity contribution in [2.45, 2.75) is 13.5 Å². The molecule has 0 saturated heterocycles. The molecule has 0 atom stereocenters. The molecule has 0 aliphatic carbocycles. The van der Waals surface area contributed by atoms with Crippen LogP contribution in [-0.4, -0.2) is 36.9 Å². The van der Waals surface area contributed by atoms with Crippen LogP contribution in [-0.2, 0) is 11.3 Å². The van der Waals surface area contributed by atoms with Crippen LogP contribution in [0.15, 0.2) is 41.8 Å². The number of nitrogens with one attached hydrogen (secondary N) is 1. The van der Waals surface area contributed by atoms with Crippen LogP contribution in [0.2, 0.25) is 0 Å². The summed E-state index contributed by atoms with van der Waals surface area (Å²) < 4.78 is 5.43. The van der Waals surface area contributed by atoms with Gasteiger partial charge >= 0.3 is 0 Å². The van der Waals surface area contributed by atoms with Crippen LogP contribution in [0.25, 0.3) is 0 Å². The summed E-state index contributed by atoms with van der Waals surface area (Å²) in [5.41, 5.74) is 0.433. The van der Waals surface area contributed by atoms with Crippen LogP contribution in [0, 0.1) is 0 Å². The van der Waals surface area contributed by atoms with E-state index >= 15 is 0 Å². The number of likely N-dealkylation sites (N-methyl/N-ethyl adjacent to an activating group) is 1. The lowest BCUT2D eigenvalue weighted by molar-refractivity contribution is -0.129. The highest BCUT2D eigenvalue weighted by Gasteiger charge is 2.15. The molecule has 1 heterocycles. The van der Waals surface area contributed by atoms with Crippen molar-refractivity contribution < 1.29 is 14.3 Å². The molecule has 2 amide bonds. The lowest BCUT2D eigenvalue weighted by Crippen LogP contribution is -2.37. The van der Waals surface area contributed by atoms with Gasteiger partial charge in [0.2, 0.25) is 5.91 Å². The molecule has 1 aromatic heterocycles. The fourth-order valence-corrected chi connectivity index (χ4v) is 2.80. The molecule has 122 valence electrons. The molecule has 0 radical (unpaired) electrons. The molecule has 0 aliphatic rings. The quantitative estimate of drug-likeness (QED) is 0.848. The Morgan fingerprint density at radius 2 is 2.00 bits per heavy atom. The third-order valence-electron chi connectivity index (χ3n) is 3.23. The largest absolute Gasteiger partial charge is 0.493 e. The number of hydrogen-bond donors (Lipinski definition) is 1. The summed E-state index contributed by atoms with van der Waals surface area (Å²) in [6, 6.07) is 10.9. The smallest absolute Gasteiger partial charge is 0.255 e. The molecule has 2 aromatic rings. The SMILES string of the molecule is CCOc1ccccc1C(=O)NCC(=O)N(C)Cc1cccs1. The number of carbonyl (C=O) groups excluding carboxylic acids is 2. The Bertz CT molecular complexity index is 656. The number of carbonyl (C=O) groups is 2. The first kappa shape index (κ1) is 17.0. The van der Waals surface area contributed by atoms with Crippen molar-refractivity contribution in [1.82, 2.24) is 10.2 Å². The predicted octanol–water partition coefficient (Wildman–Crippen LogP) is 2.54. The van der Waals surface area contributed by atoms with Gasteiger partial charge in [0.15, 0.2) is 0 Å². The molecular weight excluding hydrogens is 312 g/mol. The lowest BCUT2D eigenvalue weighted by Gasteiger charge is -2.17. The minimum atomic E-state index is -0.313. The topological polar surface area (TPSA) is 58.6 Å². The second-order valence-electron chi connectivity index (χ2n) is 4.94. The second kappa shape index (κ2) is 8.33. The highest BCUT2D eigenvalue weighted by Crippen LogP contribution is 2.17. The number of ether oxygens (including phenoxy) is 1. The number of para-hydroxylation sites is 1. The second-order valence-corrected chi connectivity index (χ2v) is 5.97. The van der Waals surface area contributed by atoms with Crippen LogP contribution in [0.3, 0.4) is 0 Å². The maximum atomic E-state index is 12.2. The van der Waals surface area contributed by atoms with Crippen LogP contribution in [0.1, 0.15) is 22.2 Å². The Kier molecular flexibility index (Phi) is 6.17. The van der Waals surface area contributed by atoms with Crippen molar-refractivity contribution in [3.8, 4) is 5.75 Å². The van der Waals surface area contributed by atoms with Crippen LogP contribution in [0.4, 0.5) is 0 Å². The van der Waals surface area contributed by atoms with E-state index in [2.05, 4.69) is 5.32 Å². The number of thiophene rings is 1. The zero-order valence-electron chi connectivity index (χ0n) is 13.2. The average molecular weight is 332 g/mol. The Labute approximate surface area is 139 Å². The Morgan fingerprint density at radius 3 is 2.70 bits per heavy atom. The van der Waals surface area contributed by atoms with Crippen molar-refractivity contribution in [3.05, 3.63) is 52.2 Å². The van der Waals surface area contributed by atoms with Gasteiger partial charge in [-0.2, -0.15) is 0 Å². The number of hydrogen-bond acceptors (Lipinski definition) is 4. The molecule has 6 heteroatoms. The molecule has 0 unspecified atom stereocenters. The van der Waals surface area contributed by atoms with Crippen molar-refractivity contribution in [2.75, 3.05) is 20.2 Å². The summed E-state index contributed by atoms with van der Waals surface area (Å²) in [5.74, 6) is 0.0689. The summed E-state index contributed by atoms with van der Waals surface area (Å²) in [6.07, 6.45) is 0. The van der Waals surface area contributed by atoms with E-state index in [1.807, 2.05) is 30.5 Å². The molecule has 0 saturated carbocycles. The van der Waals surface area contributed by atoms with Gasteiger partial charge in [-0.1, -0.05) is 18.2 Å². The van der Waals surface area contributed by atoms with Crippen LogP contribution in [0.5, 0.6) is 5.75 Å². The maximum Gasteiger partial charge on any atom is 0.255 e. The number of rotatable bonds is 7. The molecule has 0 fully saturated rings. The molecule has 1 aromatic carbocycles. The van der Waals surface area contributed by atoms with Gasteiger partial charge in [-0.25, -0.2) is 0 Å². The fraction of sp³-hybridized carbons (Fsp3) is 0.294. The maximum absolute atomic E-state index is 12.2. The van der Waals surface area contributed by atoms with E-state index in [0.717, 1.165) is 4.88 Å². The summed E-state index contributed by atoms with van der Waals surface area (Å²) >= 11 is 1.60. The summed E-state index contributed by atoms with van der Waals surface area (Å²) in [5, 5.41) is 4.62. The van der Waals surface area contributed by atoms with Crippen molar-refractivity contribution in [1.29, 1.82) is 0 Å². The van der Waals surface area contributed by atoms with Crippen molar-refractivity contribution >= 4 is 23.2 Å². The highest BCUT2D eigenvalue weighted by molar-refractivity contribution is 7.09. The third-order valence-corrected chi connectivity index (χ3v) is 4.09. The Balaban J connectivity index is 1.89. The molecule has 0 aliphatic heterocycles. The van der Waals surface area contributed by atoms with Crippen LogP contribution >= 0.6 is 11.3 Å². The summed E-state index contributed by atoms with van der Waals surface area (Å²) in [6.45, 7) is 2.84. The molecule has 1 N–H and O–H groups in total. The van der Waals surface area contributed by atoms with Gasteiger partial charge < -0.3 is 15.0 Å². The predicted molar refractivity (Wildman–Crippen MR) is 90.7 cm³/mol. The van der Waals surface area contributed by atoms with Crippen molar-refractivity contribution in [2.24, 2.45) is 0 Å². The van der Waals surface area contributed by atoms with Gasteiger partial charge in [0.1, 0.15) is 5.75 Å². The fourth-order valence-electron chi connectivity index (χ4n) is 2.05. The lowest BCUT2D eigenvalue weighted by atomic mass is 10.2. The van der Waals surface area contributed by atoms with Gasteiger partial charge in [0, 0.05) is 11.9 Å². The normalized spacial score (nSPS) is 10.2. The standard InChI is InChI=1S/C17H20N2O3S/c1-3-22-15-9-5-4-8-14(15)17(21)18-11-16(20)19(2)12-13-7-6-10-23-13/h4-10H,3,11-12H2,1-2H3,(H,18,21). The van der Waals surface area contributed by atoms with Crippen LogP contribution < -0.4 is 10.1 Å². The van der Waals surface area contributed by atoms with E-state index in [4.69, 9.17) is 4.74 Å². The molecule has 2 rings (SSSR count). The third kappa shape index (κ3) is 4.82. The first-order chi connectivity index (χ1) is 11.1. The molecule has 5 nitrogen and oxygen atoms in total. The number of benzene rings is 1. The molecular formula is C17H20N2O3S. The van der Waals surface area contributed by atoms with E-state index in [1.54, 1.807) is 41.5 Å². The number of nitrogens with zero attached hydrogens (tertiary/aromatic N) is 1. The summed E-state index contributed by atoms with van der Waals surface area (Å²) in [4.78, 5) is 27.0. The van der Waals surface area contributed by atoms with E-state index in [-0.39, 0.29) is 18.4 Å². The van der Waals surface area contributed by atoms with E-state index < -0.39 is 0 Å². The highest BCUT2D eigenvalue weighted by atomic mass is 32.1. The van der Waals surface area contributed by atoms with E-state index in [0.29, 0.717) is 24.5 Å². The molecule has 0 bridgehead atoms. The first-order valence-corrected chi connectivity index (χ1v) is 8.26. The van der Waals surface area contributed by atoms with Gasteiger partial charge in [-0.05, 0) is 30.5 Å². The van der Waals surface area contributed by atoms with Crippen molar-refractivity contribution in [3.63, 3.8) is 0 Å². The average Bonchev–Trinajstić information content (AvgIpc) is 3.06. The monoisotopic (exact) mass is 332 g/mol. The van der Waals surface area contributed by atoms with Gasteiger partial charge in [0.25, 0.3) is 5.91 Å². The Morgan fingerprint density at radius 1 is 1.22 bits per heavy atom. The van der Waals surface area contributed by atoms with E-state index in [1.165, 1.54) is 0 Å². The first-order valence-electron chi connectivity index (χ1n) is 7.38. The molecule has 0 spiro atoms. The zero-order valence-corrected chi connectivity index (χ0v) is 14.1. The number of amides is 2. The minimum Gasteiger partial charge on any atom is -0.493 e. The van der Waals surface area contributed by atoms with E-state index in [9.17, 15) is 9.59 Å². The van der Waals surface area contributed by atoms with Gasteiger partial charge in [-0.3, -0.25) is 9.59 Å². The van der Waals surface area contributed by atoms with Gasteiger partial charge in [-0.15, -0.1) is 11.3 Å². The molecule has 23 heavy (non-hydrogen) atoms. The Hall–Kier alpha value is -2.34.